The van der Waals surface area contributed by atoms with Crippen molar-refractivity contribution in [3.63, 3.8) is 0 Å². The predicted molar refractivity (Wildman–Crippen MR) is 94.2 cm³/mol. The lowest BCUT2D eigenvalue weighted by Gasteiger charge is -2.02. The van der Waals surface area contributed by atoms with E-state index in [0.717, 1.165) is 21.2 Å². The molecule has 0 bridgehead atoms. The van der Waals surface area contributed by atoms with E-state index >= 15 is 0 Å². The molecule has 0 fully saturated rings. The van der Waals surface area contributed by atoms with Crippen LogP contribution < -0.4 is 0 Å². The standard InChI is InChI=1S/C18H13BrN4O/c19-16-10-20-23(12-16)11-13-6-8-15(9-7-13)18-22-21-17(24-18)14-4-2-1-3-5-14/h1-10,12H,11H2. The van der Waals surface area contributed by atoms with Gasteiger partial charge in [-0.25, -0.2) is 0 Å². The van der Waals surface area contributed by atoms with Gasteiger partial charge >= 0.3 is 0 Å². The van der Waals surface area contributed by atoms with Crippen LogP contribution in [0.2, 0.25) is 0 Å². The van der Waals surface area contributed by atoms with Crippen LogP contribution in [0, 0.1) is 0 Å². The summed E-state index contributed by atoms with van der Waals surface area (Å²) >= 11 is 3.40. The van der Waals surface area contributed by atoms with Crippen molar-refractivity contribution in [2.45, 2.75) is 6.54 Å². The first-order valence-corrected chi connectivity index (χ1v) is 8.23. The fourth-order valence-electron chi connectivity index (χ4n) is 2.40. The lowest BCUT2D eigenvalue weighted by molar-refractivity contribution is 0.584. The Morgan fingerprint density at radius 3 is 2.17 bits per heavy atom. The molecule has 0 unspecified atom stereocenters. The smallest absolute Gasteiger partial charge is 0.248 e. The van der Waals surface area contributed by atoms with Gasteiger partial charge in [-0.3, -0.25) is 4.68 Å². The van der Waals surface area contributed by atoms with Crippen LogP contribution in [-0.2, 0) is 6.54 Å². The van der Waals surface area contributed by atoms with Gasteiger partial charge in [0.2, 0.25) is 11.8 Å². The molecule has 0 aliphatic carbocycles. The minimum atomic E-state index is 0.516. The van der Waals surface area contributed by atoms with Gasteiger partial charge in [-0.05, 0) is 45.8 Å². The van der Waals surface area contributed by atoms with Gasteiger partial charge in [-0.2, -0.15) is 5.10 Å². The minimum absolute atomic E-state index is 0.516. The van der Waals surface area contributed by atoms with Gasteiger partial charge in [0.25, 0.3) is 0 Å². The maximum Gasteiger partial charge on any atom is 0.248 e. The molecule has 0 spiro atoms. The molecular formula is C18H13BrN4O. The Morgan fingerprint density at radius 1 is 0.875 bits per heavy atom. The number of hydrogen-bond acceptors (Lipinski definition) is 4. The highest BCUT2D eigenvalue weighted by Gasteiger charge is 2.10. The molecule has 0 atom stereocenters. The molecule has 0 saturated heterocycles. The van der Waals surface area contributed by atoms with E-state index in [1.807, 2.05) is 65.5 Å². The molecule has 5 nitrogen and oxygen atoms in total. The summed E-state index contributed by atoms with van der Waals surface area (Å²) in [6, 6.07) is 17.8. The monoisotopic (exact) mass is 380 g/mol. The molecule has 6 heteroatoms. The zero-order chi connectivity index (χ0) is 16.4. The topological polar surface area (TPSA) is 56.7 Å². The summed E-state index contributed by atoms with van der Waals surface area (Å²) in [4.78, 5) is 0. The molecule has 0 amide bonds. The van der Waals surface area contributed by atoms with E-state index in [0.29, 0.717) is 18.3 Å². The van der Waals surface area contributed by atoms with E-state index in [1.54, 1.807) is 6.20 Å². The lowest BCUT2D eigenvalue weighted by Crippen LogP contribution is -1.99. The summed E-state index contributed by atoms with van der Waals surface area (Å²) in [7, 11) is 0. The quantitative estimate of drug-likeness (QED) is 0.526. The molecule has 2 aromatic carbocycles. The Kier molecular flexibility index (Phi) is 3.96. The van der Waals surface area contributed by atoms with Gasteiger partial charge in [-0.1, -0.05) is 30.3 Å². The summed E-state index contributed by atoms with van der Waals surface area (Å²) in [5, 5.41) is 12.5. The summed E-state index contributed by atoms with van der Waals surface area (Å²) in [5.74, 6) is 1.04. The molecule has 0 saturated carbocycles. The zero-order valence-corrected chi connectivity index (χ0v) is 14.2. The normalized spacial score (nSPS) is 10.9. The largest absolute Gasteiger partial charge is 0.416 e. The molecule has 4 aromatic rings. The Bertz CT molecular complexity index is 945. The molecule has 118 valence electrons. The Morgan fingerprint density at radius 2 is 1.54 bits per heavy atom. The van der Waals surface area contributed by atoms with E-state index in [4.69, 9.17) is 4.42 Å². The first-order valence-electron chi connectivity index (χ1n) is 7.44. The predicted octanol–water partition coefficient (Wildman–Crippen LogP) is 4.41. The van der Waals surface area contributed by atoms with Crippen LogP contribution >= 0.6 is 15.9 Å². The van der Waals surface area contributed by atoms with E-state index in [9.17, 15) is 0 Å². The molecular weight excluding hydrogens is 368 g/mol. The van der Waals surface area contributed by atoms with E-state index in [1.165, 1.54) is 0 Å². The molecule has 2 heterocycles. The highest BCUT2D eigenvalue weighted by molar-refractivity contribution is 9.10. The number of benzene rings is 2. The Hall–Kier alpha value is -2.73. The fourth-order valence-corrected chi connectivity index (χ4v) is 2.73. The van der Waals surface area contributed by atoms with Crippen molar-refractivity contribution >= 4 is 15.9 Å². The van der Waals surface area contributed by atoms with Crippen molar-refractivity contribution in [2.24, 2.45) is 0 Å². The second-order valence-electron chi connectivity index (χ2n) is 5.33. The van der Waals surface area contributed by atoms with Gasteiger partial charge in [0, 0.05) is 17.3 Å². The van der Waals surface area contributed by atoms with Crippen molar-refractivity contribution in [2.75, 3.05) is 0 Å². The Balaban J connectivity index is 1.54. The summed E-state index contributed by atoms with van der Waals surface area (Å²) in [6.07, 6.45) is 3.72. The van der Waals surface area contributed by atoms with Crippen LogP contribution in [0.1, 0.15) is 5.56 Å². The third-order valence-corrected chi connectivity index (χ3v) is 4.00. The molecule has 0 aliphatic heterocycles. The van der Waals surface area contributed by atoms with E-state index in [2.05, 4.69) is 31.2 Å². The van der Waals surface area contributed by atoms with Crippen LogP contribution in [0.4, 0.5) is 0 Å². The highest BCUT2D eigenvalue weighted by atomic mass is 79.9. The van der Waals surface area contributed by atoms with Crippen LogP contribution in [-0.4, -0.2) is 20.0 Å². The molecule has 0 aliphatic rings. The average Bonchev–Trinajstić information content (AvgIpc) is 3.26. The van der Waals surface area contributed by atoms with E-state index < -0.39 is 0 Å². The second kappa shape index (κ2) is 6.41. The lowest BCUT2D eigenvalue weighted by atomic mass is 10.1. The third kappa shape index (κ3) is 3.14. The number of hydrogen-bond donors (Lipinski definition) is 0. The first-order chi connectivity index (χ1) is 11.8. The van der Waals surface area contributed by atoms with Crippen LogP contribution in [0.5, 0.6) is 0 Å². The summed E-state index contributed by atoms with van der Waals surface area (Å²) < 4.78 is 8.62. The molecule has 4 rings (SSSR count). The van der Waals surface area contributed by atoms with Crippen molar-refractivity contribution < 1.29 is 4.42 Å². The van der Waals surface area contributed by atoms with Crippen molar-refractivity contribution in [3.05, 3.63) is 77.0 Å². The van der Waals surface area contributed by atoms with Gasteiger partial charge in [0.15, 0.2) is 0 Å². The van der Waals surface area contributed by atoms with Gasteiger partial charge in [0.05, 0.1) is 17.2 Å². The van der Waals surface area contributed by atoms with Gasteiger partial charge in [-0.15, -0.1) is 10.2 Å². The van der Waals surface area contributed by atoms with Crippen molar-refractivity contribution in [3.8, 4) is 22.9 Å². The van der Waals surface area contributed by atoms with Gasteiger partial charge < -0.3 is 4.42 Å². The molecule has 2 aromatic heterocycles. The number of aromatic nitrogens is 4. The third-order valence-electron chi connectivity index (χ3n) is 3.59. The zero-order valence-electron chi connectivity index (χ0n) is 12.6. The fraction of sp³-hybridized carbons (Fsp3) is 0.0556. The maximum absolute atomic E-state index is 5.77. The van der Waals surface area contributed by atoms with Crippen molar-refractivity contribution in [1.29, 1.82) is 0 Å². The summed E-state index contributed by atoms with van der Waals surface area (Å²) in [6.45, 7) is 0.713. The van der Waals surface area contributed by atoms with Crippen LogP contribution in [0.3, 0.4) is 0 Å². The molecule has 0 N–H and O–H groups in total. The Labute approximate surface area is 147 Å². The van der Waals surface area contributed by atoms with Gasteiger partial charge in [0.1, 0.15) is 0 Å². The number of rotatable bonds is 4. The van der Waals surface area contributed by atoms with E-state index in [-0.39, 0.29) is 0 Å². The SMILES string of the molecule is Brc1cnn(Cc2ccc(-c3nnc(-c4ccccc4)o3)cc2)c1. The van der Waals surface area contributed by atoms with Crippen molar-refractivity contribution in [1.82, 2.24) is 20.0 Å². The maximum atomic E-state index is 5.77. The number of nitrogens with zero attached hydrogens (tertiary/aromatic N) is 4. The summed E-state index contributed by atoms with van der Waals surface area (Å²) in [5.41, 5.74) is 2.96. The first kappa shape index (κ1) is 14.8. The number of halogens is 1. The molecule has 0 radical (unpaired) electrons. The second-order valence-corrected chi connectivity index (χ2v) is 6.25. The molecule has 24 heavy (non-hydrogen) atoms. The average molecular weight is 381 g/mol. The van der Waals surface area contributed by atoms with Crippen LogP contribution in [0.15, 0.2) is 75.9 Å². The van der Waals surface area contributed by atoms with Crippen LogP contribution in [0.25, 0.3) is 22.9 Å². The highest BCUT2D eigenvalue weighted by Crippen LogP contribution is 2.24. The minimum Gasteiger partial charge on any atom is -0.416 e.